The molecule has 0 fully saturated rings. The van der Waals surface area contributed by atoms with E-state index in [2.05, 4.69) is 4.72 Å². The molecule has 0 bridgehead atoms. The van der Waals surface area contributed by atoms with E-state index in [4.69, 9.17) is 16.9 Å². The minimum Gasteiger partial charge on any atom is -0.281 e. The fraction of sp³-hybridized carbons (Fsp3) is 0.222. The highest BCUT2D eigenvalue weighted by atomic mass is 127. The first-order chi connectivity index (χ1) is 7.36. The smallest absolute Gasteiger partial charge is 0.248 e. The number of halogens is 2. The SMILES string of the molecule is CC(C#N)S(=O)(=O)Nc1ccc(Cl)cc1I. The molecule has 1 aromatic carbocycles. The van der Waals surface area contributed by atoms with Gasteiger partial charge in [0.05, 0.1) is 11.8 Å². The third kappa shape index (κ3) is 3.23. The molecule has 0 saturated heterocycles. The molecule has 86 valence electrons. The molecule has 0 heterocycles. The van der Waals surface area contributed by atoms with Gasteiger partial charge in [0, 0.05) is 8.59 Å². The largest absolute Gasteiger partial charge is 0.281 e. The number of nitriles is 1. The number of anilines is 1. The van der Waals surface area contributed by atoms with Gasteiger partial charge in [-0.25, -0.2) is 8.42 Å². The van der Waals surface area contributed by atoms with Crippen LogP contribution in [0.1, 0.15) is 6.92 Å². The van der Waals surface area contributed by atoms with Crippen molar-refractivity contribution in [1.29, 1.82) is 5.26 Å². The van der Waals surface area contributed by atoms with Crippen molar-refractivity contribution in [3.8, 4) is 6.07 Å². The Morgan fingerprint density at radius 1 is 1.56 bits per heavy atom. The van der Waals surface area contributed by atoms with E-state index in [0.717, 1.165) is 0 Å². The fourth-order valence-corrected chi connectivity index (χ4v) is 2.87. The lowest BCUT2D eigenvalue weighted by molar-refractivity contribution is 0.597. The quantitative estimate of drug-likeness (QED) is 0.832. The molecule has 0 aromatic heterocycles. The maximum absolute atomic E-state index is 11.6. The zero-order valence-electron chi connectivity index (χ0n) is 8.24. The molecule has 0 amide bonds. The molecule has 1 rings (SSSR count). The van der Waals surface area contributed by atoms with Crippen LogP contribution in [0.25, 0.3) is 0 Å². The van der Waals surface area contributed by atoms with Crippen molar-refractivity contribution < 1.29 is 8.42 Å². The summed E-state index contributed by atoms with van der Waals surface area (Å²) < 4.78 is 26.2. The van der Waals surface area contributed by atoms with Crippen LogP contribution in [0.5, 0.6) is 0 Å². The summed E-state index contributed by atoms with van der Waals surface area (Å²) in [5, 5.41) is 8.00. The number of nitrogens with one attached hydrogen (secondary N) is 1. The van der Waals surface area contributed by atoms with Crippen LogP contribution in [0.3, 0.4) is 0 Å². The number of rotatable bonds is 3. The number of nitrogens with zero attached hydrogens (tertiary/aromatic N) is 1. The van der Waals surface area contributed by atoms with Crippen LogP contribution in [0.2, 0.25) is 5.02 Å². The van der Waals surface area contributed by atoms with Gasteiger partial charge in [-0.1, -0.05) is 11.6 Å². The van der Waals surface area contributed by atoms with Crippen molar-refractivity contribution in [2.24, 2.45) is 0 Å². The monoisotopic (exact) mass is 370 g/mol. The second-order valence-electron chi connectivity index (χ2n) is 3.04. The van der Waals surface area contributed by atoms with Gasteiger partial charge < -0.3 is 0 Å². The van der Waals surface area contributed by atoms with Crippen LogP contribution in [-0.4, -0.2) is 13.7 Å². The van der Waals surface area contributed by atoms with Crippen molar-refractivity contribution in [2.45, 2.75) is 12.2 Å². The Hall–Kier alpha value is -0.520. The van der Waals surface area contributed by atoms with E-state index in [-0.39, 0.29) is 0 Å². The minimum atomic E-state index is -3.66. The van der Waals surface area contributed by atoms with Gasteiger partial charge in [-0.3, -0.25) is 4.72 Å². The van der Waals surface area contributed by atoms with Crippen LogP contribution in [-0.2, 0) is 10.0 Å². The van der Waals surface area contributed by atoms with E-state index >= 15 is 0 Å². The van der Waals surface area contributed by atoms with E-state index < -0.39 is 15.3 Å². The van der Waals surface area contributed by atoms with E-state index in [0.29, 0.717) is 14.3 Å². The summed E-state index contributed by atoms with van der Waals surface area (Å²) in [5.41, 5.74) is 0.423. The van der Waals surface area contributed by atoms with E-state index in [1.165, 1.54) is 6.92 Å². The van der Waals surface area contributed by atoms with Crippen LogP contribution in [0, 0.1) is 14.9 Å². The predicted octanol–water partition coefficient (Wildman–Crippen LogP) is 2.60. The first kappa shape index (κ1) is 13.5. The third-order valence-corrected chi connectivity index (χ3v) is 4.50. The molecule has 0 aliphatic carbocycles. The maximum Gasteiger partial charge on any atom is 0.248 e. The topological polar surface area (TPSA) is 70.0 Å². The lowest BCUT2D eigenvalue weighted by Gasteiger charge is -2.10. The standard InChI is InChI=1S/C9H8ClIN2O2S/c1-6(5-12)16(14,15)13-9-3-2-7(10)4-8(9)11/h2-4,6,13H,1H3. The second kappa shape index (κ2) is 5.21. The zero-order valence-corrected chi connectivity index (χ0v) is 12.0. The molecule has 16 heavy (non-hydrogen) atoms. The first-order valence-corrected chi connectivity index (χ1v) is 7.23. The number of sulfonamides is 1. The highest BCUT2D eigenvalue weighted by Crippen LogP contribution is 2.23. The number of hydrogen-bond acceptors (Lipinski definition) is 3. The molecule has 4 nitrogen and oxygen atoms in total. The summed E-state index contributed by atoms with van der Waals surface area (Å²) >= 11 is 7.71. The Balaban J connectivity index is 3.03. The summed E-state index contributed by atoms with van der Waals surface area (Å²) in [4.78, 5) is 0. The summed E-state index contributed by atoms with van der Waals surface area (Å²) in [7, 11) is -3.66. The van der Waals surface area contributed by atoms with Gasteiger partial charge in [0.15, 0.2) is 5.25 Å². The molecule has 1 atom stereocenters. The molecule has 7 heteroatoms. The average molecular weight is 371 g/mol. The van der Waals surface area contributed by atoms with Gasteiger partial charge in [-0.15, -0.1) is 0 Å². The molecule has 0 saturated carbocycles. The first-order valence-electron chi connectivity index (χ1n) is 4.23. The van der Waals surface area contributed by atoms with Gasteiger partial charge in [0.2, 0.25) is 10.0 Å². The minimum absolute atomic E-state index is 0.423. The third-order valence-electron chi connectivity index (χ3n) is 1.83. The van der Waals surface area contributed by atoms with E-state index in [1.807, 2.05) is 22.6 Å². The van der Waals surface area contributed by atoms with E-state index in [1.54, 1.807) is 24.3 Å². The molecule has 0 aliphatic heterocycles. The van der Waals surface area contributed by atoms with Crippen LogP contribution in [0.4, 0.5) is 5.69 Å². The Bertz CT molecular complexity index is 539. The van der Waals surface area contributed by atoms with Crippen molar-refractivity contribution in [3.05, 3.63) is 26.8 Å². The molecule has 1 aromatic rings. The highest BCUT2D eigenvalue weighted by Gasteiger charge is 2.20. The lowest BCUT2D eigenvalue weighted by Crippen LogP contribution is -2.24. The van der Waals surface area contributed by atoms with Crippen molar-refractivity contribution >= 4 is 49.9 Å². The van der Waals surface area contributed by atoms with Crippen molar-refractivity contribution in [3.63, 3.8) is 0 Å². The van der Waals surface area contributed by atoms with Crippen LogP contribution in [0.15, 0.2) is 18.2 Å². The molecular weight excluding hydrogens is 363 g/mol. The summed E-state index contributed by atoms with van der Waals surface area (Å²) in [6.45, 7) is 1.32. The summed E-state index contributed by atoms with van der Waals surface area (Å²) in [6.07, 6.45) is 0. The molecule has 0 radical (unpaired) electrons. The number of benzene rings is 1. The number of hydrogen-bond donors (Lipinski definition) is 1. The van der Waals surface area contributed by atoms with Gasteiger partial charge in [0.1, 0.15) is 0 Å². The molecule has 0 spiro atoms. The molecule has 1 unspecified atom stereocenters. The normalized spacial score (nSPS) is 12.9. The van der Waals surface area contributed by atoms with Crippen LogP contribution < -0.4 is 4.72 Å². The Morgan fingerprint density at radius 3 is 2.69 bits per heavy atom. The second-order valence-corrected chi connectivity index (χ2v) is 6.64. The van der Waals surface area contributed by atoms with E-state index in [9.17, 15) is 8.42 Å². The van der Waals surface area contributed by atoms with Gasteiger partial charge in [-0.05, 0) is 47.7 Å². The van der Waals surface area contributed by atoms with Gasteiger partial charge in [0.25, 0.3) is 0 Å². The lowest BCUT2D eigenvalue weighted by atomic mass is 10.3. The van der Waals surface area contributed by atoms with Crippen molar-refractivity contribution in [1.82, 2.24) is 0 Å². The predicted molar refractivity (Wildman–Crippen MR) is 71.8 cm³/mol. The zero-order chi connectivity index (χ0) is 12.3. The van der Waals surface area contributed by atoms with Crippen LogP contribution >= 0.6 is 34.2 Å². The van der Waals surface area contributed by atoms with Crippen molar-refractivity contribution in [2.75, 3.05) is 4.72 Å². The maximum atomic E-state index is 11.6. The Labute approximate surface area is 113 Å². The Kier molecular flexibility index (Phi) is 4.41. The summed E-state index contributed by atoms with van der Waals surface area (Å²) in [6, 6.07) is 6.46. The highest BCUT2D eigenvalue weighted by molar-refractivity contribution is 14.1. The van der Waals surface area contributed by atoms with Gasteiger partial charge >= 0.3 is 0 Å². The summed E-state index contributed by atoms with van der Waals surface area (Å²) in [5.74, 6) is 0. The Morgan fingerprint density at radius 2 is 2.19 bits per heavy atom. The average Bonchev–Trinajstić information content (AvgIpc) is 2.21. The molecular formula is C9H8ClIN2O2S. The van der Waals surface area contributed by atoms with Gasteiger partial charge in [-0.2, -0.15) is 5.26 Å². The fourth-order valence-electron chi connectivity index (χ4n) is 0.883. The molecule has 1 N–H and O–H groups in total. The molecule has 0 aliphatic rings.